The van der Waals surface area contributed by atoms with Crippen molar-refractivity contribution in [3.8, 4) is 0 Å². The zero-order valence-electron chi connectivity index (χ0n) is 12.2. The number of amides is 2. The van der Waals surface area contributed by atoms with Gasteiger partial charge in [0.15, 0.2) is 0 Å². The van der Waals surface area contributed by atoms with Crippen molar-refractivity contribution in [2.45, 2.75) is 26.7 Å². The molecule has 1 heterocycles. The van der Waals surface area contributed by atoms with Gasteiger partial charge >= 0.3 is 6.03 Å². The van der Waals surface area contributed by atoms with Gasteiger partial charge in [0.1, 0.15) is 0 Å². The smallest absolute Gasteiger partial charge is 0.325 e. The number of benzene rings is 1. The maximum absolute atomic E-state index is 12.3. The second kappa shape index (κ2) is 7.10. The van der Waals surface area contributed by atoms with Crippen molar-refractivity contribution < 1.29 is 9.53 Å². The van der Waals surface area contributed by atoms with Crippen molar-refractivity contribution in [3.05, 3.63) is 41.6 Å². The normalized spacial score (nSPS) is 14.8. The zero-order valence-corrected chi connectivity index (χ0v) is 12.2. The number of nitrogens with zero attached hydrogens (tertiary/aromatic N) is 1. The first kappa shape index (κ1) is 14.6. The number of nitrogens with one attached hydrogen (secondary N) is 1. The predicted molar refractivity (Wildman–Crippen MR) is 80.9 cm³/mol. The molecular weight excluding hydrogens is 252 g/mol. The van der Waals surface area contributed by atoms with E-state index in [0.717, 1.165) is 37.3 Å². The monoisotopic (exact) mass is 274 g/mol. The molecule has 108 valence electrons. The van der Waals surface area contributed by atoms with Crippen LogP contribution in [0, 0.1) is 6.92 Å². The van der Waals surface area contributed by atoms with Crippen LogP contribution in [0.3, 0.4) is 0 Å². The fraction of sp³-hybridized carbons (Fsp3) is 0.438. The third-order valence-corrected chi connectivity index (χ3v) is 3.41. The Morgan fingerprint density at radius 3 is 2.80 bits per heavy atom. The van der Waals surface area contributed by atoms with Gasteiger partial charge in [-0.25, -0.2) is 4.79 Å². The molecule has 0 aromatic heterocycles. The number of rotatable bonds is 3. The number of anilines is 1. The Morgan fingerprint density at radius 2 is 2.15 bits per heavy atom. The molecule has 1 aromatic rings. The van der Waals surface area contributed by atoms with Crippen LogP contribution < -0.4 is 10.2 Å². The second-order valence-corrected chi connectivity index (χ2v) is 4.95. The van der Waals surface area contributed by atoms with Gasteiger partial charge in [-0.3, -0.25) is 4.90 Å². The molecule has 0 spiro atoms. The van der Waals surface area contributed by atoms with Gasteiger partial charge in [0.05, 0.1) is 13.2 Å². The molecule has 1 saturated heterocycles. The van der Waals surface area contributed by atoms with Gasteiger partial charge < -0.3 is 10.1 Å². The lowest BCUT2D eigenvalue weighted by atomic mass is 10.1. The molecule has 0 saturated carbocycles. The van der Waals surface area contributed by atoms with E-state index in [-0.39, 0.29) is 6.03 Å². The first-order valence-corrected chi connectivity index (χ1v) is 7.11. The third-order valence-electron chi connectivity index (χ3n) is 3.41. The van der Waals surface area contributed by atoms with Crippen molar-refractivity contribution in [1.29, 1.82) is 0 Å². The molecule has 0 unspecified atom stereocenters. The topological polar surface area (TPSA) is 41.6 Å². The summed E-state index contributed by atoms with van der Waals surface area (Å²) < 4.78 is 5.29. The van der Waals surface area contributed by atoms with Gasteiger partial charge in [0.2, 0.25) is 0 Å². The molecule has 1 aliphatic heterocycles. The number of carbonyl (C=O) groups is 1. The standard InChI is InChI=1S/C16H22N2O2/c1-3-18(15-6-4-5-13(2)11-15)16(19)17-12-14-7-9-20-10-8-14/h4-6,11-12H,3,7-10H2,1-2H3,(H,17,19). The van der Waals surface area contributed by atoms with Gasteiger partial charge in [-0.15, -0.1) is 0 Å². The minimum Gasteiger partial charge on any atom is -0.381 e. The SMILES string of the molecule is CCN(C(=O)NC=C1CCOCC1)c1cccc(C)c1. The average Bonchev–Trinajstić information content (AvgIpc) is 2.47. The molecule has 2 amide bonds. The summed E-state index contributed by atoms with van der Waals surface area (Å²) in [4.78, 5) is 14.0. The molecule has 4 heteroatoms. The number of urea groups is 1. The Labute approximate surface area is 120 Å². The largest absolute Gasteiger partial charge is 0.381 e. The fourth-order valence-electron chi connectivity index (χ4n) is 2.26. The number of hydrogen-bond donors (Lipinski definition) is 1. The van der Waals surface area contributed by atoms with Gasteiger partial charge in [0.25, 0.3) is 0 Å². The molecule has 0 atom stereocenters. The van der Waals surface area contributed by atoms with E-state index in [1.165, 1.54) is 5.57 Å². The second-order valence-electron chi connectivity index (χ2n) is 4.95. The van der Waals surface area contributed by atoms with Crippen molar-refractivity contribution >= 4 is 11.7 Å². The molecule has 1 aromatic carbocycles. The fourth-order valence-corrected chi connectivity index (χ4v) is 2.26. The highest BCUT2D eigenvalue weighted by atomic mass is 16.5. The Balaban J connectivity index is 2.02. The molecule has 1 aliphatic rings. The van der Waals surface area contributed by atoms with E-state index < -0.39 is 0 Å². The summed E-state index contributed by atoms with van der Waals surface area (Å²) in [5, 5.41) is 2.89. The van der Waals surface area contributed by atoms with E-state index in [1.807, 2.05) is 44.3 Å². The maximum atomic E-state index is 12.3. The number of hydrogen-bond acceptors (Lipinski definition) is 2. The van der Waals surface area contributed by atoms with Crippen LogP contribution in [0.4, 0.5) is 10.5 Å². The van der Waals surface area contributed by atoms with Crippen molar-refractivity contribution in [2.24, 2.45) is 0 Å². The van der Waals surface area contributed by atoms with E-state index in [0.29, 0.717) is 6.54 Å². The lowest BCUT2D eigenvalue weighted by molar-refractivity contribution is 0.119. The minimum absolute atomic E-state index is 0.0860. The number of aryl methyl sites for hydroxylation is 1. The maximum Gasteiger partial charge on any atom is 0.325 e. The minimum atomic E-state index is -0.0860. The molecule has 0 bridgehead atoms. The summed E-state index contributed by atoms with van der Waals surface area (Å²) in [6, 6.07) is 7.89. The van der Waals surface area contributed by atoms with Gasteiger partial charge in [-0.2, -0.15) is 0 Å². The molecule has 0 radical (unpaired) electrons. The Bertz CT molecular complexity index is 489. The Morgan fingerprint density at radius 1 is 1.40 bits per heavy atom. The predicted octanol–water partition coefficient (Wildman–Crippen LogP) is 3.23. The van der Waals surface area contributed by atoms with Crippen LogP contribution in [-0.4, -0.2) is 25.8 Å². The Hall–Kier alpha value is -1.81. The van der Waals surface area contributed by atoms with Crippen LogP contribution in [0.25, 0.3) is 0 Å². The first-order valence-electron chi connectivity index (χ1n) is 7.11. The molecule has 0 aliphatic carbocycles. The molecule has 1 fully saturated rings. The molecule has 4 nitrogen and oxygen atoms in total. The average molecular weight is 274 g/mol. The summed E-state index contributed by atoms with van der Waals surface area (Å²) in [5.41, 5.74) is 3.32. The van der Waals surface area contributed by atoms with E-state index in [1.54, 1.807) is 4.90 Å². The van der Waals surface area contributed by atoms with Crippen LogP contribution in [0.1, 0.15) is 25.3 Å². The van der Waals surface area contributed by atoms with E-state index in [2.05, 4.69) is 5.32 Å². The van der Waals surface area contributed by atoms with Gasteiger partial charge in [0, 0.05) is 18.4 Å². The lowest BCUT2D eigenvalue weighted by Crippen LogP contribution is -2.37. The summed E-state index contributed by atoms with van der Waals surface area (Å²) in [6.07, 6.45) is 3.64. The number of ether oxygens (including phenoxy) is 1. The van der Waals surface area contributed by atoms with Crippen LogP contribution in [0.15, 0.2) is 36.0 Å². The van der Waals surface area contributed by atoms with Gasteiger partial charge in [-0.05, 0) is 50.0 Å². The van der Waals surface area contributed by atoms with Crippen LogP contribution >= 0.6 is 0 Å². The summed E-state index contributed by atoms with van der Waals surface area (Å²) in [7, 11) is 0. The summed E-state index contributed by atoms with van der Waals surface area (Å²) >= 11 is 0. The van der Waals surface area contributed by atoms with Crippen LogP contribution in [-0.2, 0) is 4.74 Å². The molecule has 2 rings (SSSR count). The first-order chi connectivity index (χ1) is 9.70. The summed E-state index contributed by atoms with van der Waals surface area (Å²) in [5.74, 6) is 0. The van der Waals surface area contributed by atoms with Crippen LogP contribution in [0.5, 0.6) is 0 Å². The quantitative estimate of drug-likeness (QED) is 0.919. The highest BCUT2D eigenvalue weighted by Crippen LogP contribution is 2.16. The van der Waals surface area contributed by atoms with Gasteiger partial charge in [-0.1, -0.05) is 12.1 Å². The van der Waals surface area contributed by atoms with E-state index in [4.69, 9.17) is 4.74 Å². The Kier molecular flexibility index (Phi) is 5.18. The van der Waals surface area contributed by atoms with E-state index >= 15 is 0 Å². The van der Waals surface area contributed by atoms with Crippen molar-refractivity contribution in [1.82, 2.24) is 5.32 Å². The van der Waals surface area contributed by atoms with E-state index in [9.17, 15) is 4.79 Å². The van der Waals surface area contributed by atoms with Crippen molar-refractivity contribution in [3.63, 3.8) is 0 Å². The number of carbonyl (C=O) groups excluding carboxylic acids is 1. The molecular formula is C16H22N2O2. The highest BCUT2D eigenvalue weighted by Gasteiger charge is 2.13. The zero-order chi connectivity index (χ0) is 14.4. The molecule has 20 heavy (non-hydrogen) atoms. The third kappa shape index (κ3) is 3.84. The lowest BCUT2D eigenvalue weighted by Gasteiger charge is -2.22. The molecule has 1 N–H and O–H groups in total. The van der Waals surface area contributed by atoms with Crippen LogP contribution in [0.2, 0.25) is 0 Å². The van der Waals surface area contributed by atoms with Crippen molar-refractivity contribution in [2.75, 3.05) is 24.7 Å². The highest BCUT2D eigenvalue weighted by molar-refractivity contribution is 5.92. The summed E-state index contributed by atoms with van der Waals surface area (Å²) in [6.45, 7) is 6.14.